The summed E-state index contributed by atoms with van der Waals surface area (Å²) in [7, 11) is 0. The molecule has 2 unspecified atom stereocenters. The molecule has 0 aliphatic heterocycles. The van der Waals surface area contributed by atoms with E-state index >= 15 is 0 Å². The van der Waals surface area contributed by atoms with Gasteiger partial charge in [0.25, 0.3) is 0 Å². The molecule has 0 aromatic heterocycles. The van der Waals surface area contributed by atoms with Crippen molar-refractivity contribution in [3.05, 3.63) is 35.9 Å². The number of hydrogen-bond acceptors (Lipinski definition) is 2. The van der Waals surface area contributed by atoms with Crippen molar-refractivity contribution >= 4 is 18.3 Å². The summed E-state index contributed by atoms with van der Waals surface area (Å²) in [5, 5.41) is 3.02. The predicted octanol–water partition coefficient (Wildman–Crippen LogP) is 2.28. The van der Waals surface area contributed by atoms with Gasteiger partial charge >= 0.3 is 0 Å². The molecule has 0 radical (unpaired) electrons. The van der Waals surface area contributed by atoms with Gasteiger partial charge in [0, 0.05) is 18.5 Å². The Morgan fingerprint density at radius 1 is 1.26 bits per heavy atom. The Morgan fingerprint density at radius 2 is 2.00 bits per heavy atom. The van der Waals surface area contributed by atoms with Gasteiger partial charge in [-0.1, -0.05) is 30.3 Å². The van der Waals surface area contributed by atoms with Crippen LogP contribution in [0.5, 0.6) is 0 Å². The number of carbonyl (C=O) groups is 1. The third-order valence-corrected chi connectivity index (χ3v) is 3.63. The van der Waals surface area contributed by atoms with E-state index in [2.05, 4.69) is 17.4 Å². The van der Waals surface area contributed by atoms with Crippen LogP contribution in [-0.4, -0.2) is 18.5 Å². The average molecular weight is 283 g/mol. The molecule has 1 aromatic carbocycles. The maximum Gasteiger partial charge on any atom is 0.223 e. The largest absolute Gasteiger partial charge is 0.356 e. The summed E-state index contributed by atoms with van der Waals surface area (Å²) < 4.78 is 0. The SMILES string of the molecule is Cl.NC1CCC(C(=O)NCCCc2ccccc2)C1. The van der Waals surface area contributed by atoms with Crippen LogP contribution in [0.3, 0.4) is 0 Å². The number of benzene rings is 1. The van der Waals surface area contributed by atoms with Gasteiger partial charge < -0.3 is 11.1 Å². The Balaban J connectivity index is 0.00000180. The minimum Gasteiger partial charge on any atom is -0.356 e. The number of aryl methyl sites for hydroxylation is 1. The first-order valence-corrected chi connectivity index (χ1v) is 6.83. The van der Waals surface area contributed by atoms with Crippen LogP contribution in [-0.2, 0) is 11.2 Å². The minimum atomic E-state index is 0. The Labute approximate surface area is 121 Å². The highest BCUT2D eigenvalue weighted by Crippen LogP contribution is 2.23. The van der Waals surface area contributed by atoms with Crippen LogP contribution in [0.15, 0.2) is 30.3 Å². The summed E-state index contributed by atoms with van der Waals surface area (Å²) in [6, 6.07) is 10.6. The molecule has 1 aliphatic carbocycles. The molecule has 2 rings (SSSR count). The zero-order chi connectivity index (χ0) is 12.8. The van der Waals surface area contributed by atoms with Crippen molar-refractivity contribution in [1.29, 1.82) is 0 Å². The zero-order valence-corrected chi connectivity index (χ0v) is 12.0. The van der Waals surface area contributed by atoms with Gasteiger partial charge in [0.1, 0.15) is 0 Å². The van der Waals surface area contributed by atoms with E-state index in [4.69, 9.17) is 5.73 Å². The molecule has 1 saturated carbocycles. The standard InChI is InChI=1S/C15H22N2O.ClH/c16-14-9-8-13(11-14)15(18)17-10-4-7-12-5-2-1-3-6-12;/h1-3,5-6,13-14H,4,7-11,16H2,(H,17,18);1H. The van der Waals surface area contributed by atoms with Gasteiger partial charge in [-0.15, -0.1) is 12.4 Å². The van der Waals surface area contributed by atoms with E-state index < -0.39 is 0 Å². The van der Waals surface area contributed by atoms with Gasteiger partial charge in [-0.05, 0) is 37.7 Å². The van der Waals surface area contributed by atoms with Crippen LogP contribution in [0.2, 0.25) is 0 Å². The summed E-state index contributed by atoms with van der Waals surface area (Å²) >= 11 is 0. The van der Waals surface area contributed by atoms with Crippen molar-refractivity contribution in [2.45, 2.75) is 38.1 Å². The van der Waals surface area contributed by atoms with Crippen molar-refractivity contribution in [3.63, 3.8) is 0 Å². The smallest absolute Gasteiger partial charge is 0.223 e. The van der Waals surface area contributed by atoms with Crippen molar-refractivity contribution in [2.75, 3.05) is 6.54 Å². The van der Waals surface area contributed by atoms with Crippen LogP contribution < -0.4 is 11.1 Å². The fraction of sp³-hybridized carbons (Fsp3) is 0.533. The number of amides is 1. The second-order valence-electron chi connectivity index (χ2n) is 5.15. The average Bonchev–Trinajstić information content (AvgIpc) is 2.82. The minimum absolute atomic E-state index is 0. The molecular weight excluding hydrogens is 260 g/mol. The number of hydrogen-bond donors (Lipinski definition) is 2. The Hall–Kier alpha value is -1.06. The summed E-state index contributed by atoms with van der Waals surface area (Å²) in [6.45, 7) is 0.763. The lowest BCUT2D eigenvalue weighted by atomic mass is 10.1. The quantitative estimate of drug-likeness (QED) is 0.814. The van der Waals surface area contributed by atoms with Crippen LogP contribution in [0.25, 0.3) is 0 Å². The fourth-order valence-corrected chi connectivity index (χ4v) is 2.55. The highest BCUT2D eigenvalue weighted by Gasteiger charge is 2.27. The maximum atomic E-state index is 11.8. The third-order valence-electron chi connectivity index (χ3n) is 3.63. The first-order valence-electron chi connectivity index (χ1n) is 6.83. The van der Waals surface area contributed by atoms with Gasteiger partial charge in [-0.2, -0.15) is 0 Å². The van der Waals surface area contributed by atoms with E-state index in [0.717, 1.165) is 38.6 Å². The molecule has 3 nitrogen and oxygen atoms in total. The van der Waals surface area contributed by atoms with Gasteiger partial charge in [0.05, 0.1) is 0 Å². The molecule has 0 saturated heterocycles. The van der Waals surface area contributed by atoms with E-state index in [9.17, 15) is 4.79 Å². The molecule has 2 atom stereocenters. The first kappa shape index (κ1) is 16.0. The van der Waals surface area contributed by atoms with E-state index in [1.807, 2.05) is 18.2 Å². The van der Waals surface area contributed by atoms with E-state index in [-0.39, 0.29) is 30.3 Å². The molecule has 1 aliphatic rings. The molecule has 1 amide bonds. The molecule has 106 valence electrons. The second-order valence-corrected chi connectivity index (χ2v) is 5.15. The van der Waals surface area contributed by atoms with E-state index in [1.165, 1.54) is 5.56 Å². The summed E-state index contributed by atoms with van der Waals surface area (Å²) in [5.74, 6) is 0.340. The monoisotopic (exact) mass is 282 g/mol. The summed E-state index contributed by atoms with van der Waals surface area (Å²) in [6.07, 6.45) is 4.80. The molecule has 1 aromatic rings. The van der Waals surface area contributed by atoms with Gasteiger partial charge in [-0.25, -0.2) is 0 Å². The Kier molecular flexibility index (Phi) is 6.89. The lowest BCUT2D eigenvalue weighted by molar-refractivity contribution is -0.124. The molecule has 4 heteroatoms. The van der Waals surface area contributed by atoms with Crippen LogP contribution >= 0.6 is 12.4 Å². The maximum absolute atomic E-state index is 11.8. The van der Waals surface area contributed by atoms with Crippen molar-refractivity contribution in [3.8, 4) is 0 Å². The second kappa shape index (κ2) is 8.18. The lowest BCUT2D eigenvalue weighted by Crippen LogP contribution is -2.31. The number of nitrogens with two attached hydrogens (primary N) is 1. The zero-order valence-electron chi connectivity index (χ0n) is 11.2. The number of nitrogens with one attached hydrogen (secondary N) is 1. The van der Waals surface area contributed by atoms with Gasteiger partial charge in [-0.3, -0.25) is 4.79 Å². The molecular formula is C15H23ClN2O. The third kappa shape index (κ3) is 5.21. The highest BCUT2D eigenvalue weighted by atomic mass is 35.5. The Bertz CT molecular complexity index is 383. The summed E-state index contributed by atoms with van der Waals surface area (Å²) in [5.41, 5.74) is 7.14. The van der Waals surface area contributed by atoms with Crippen LogP contribution in [0.1, 0.15) is 31.2 Å². The number of rotatable bonds is 5. The summed E-state index contributed by atoms with van der Waals surface area (Å²) in [4.78, 5) is 11.8. The molecule has 19 heavy (non-hydrogen) atoms. The van der Waals surface area contributed by atoms with E-state index in [1.54, 1.807) is 0 Å². The Morgan fingerprint density at radius 3 is 2.63 bits per heavy atom. The van der Waals surface area contributed by atoms with Gasteiger partial charge in [0.15, 0.2) is 0 Å². The topological polar surface area (TPSA) is 55.1 Å². The lowest BCUT2D eigenvalue weighted by Gasteiger charge is -2.10. The van der Waals surface area contributed by atoms with Gasteiger partial charge in [0.2, 0.25) is 5.91 Å². The first-order chi connectivity index (χ1) is 8.75. The molecule has 0 heterocycles. The van der Waals surface area contributed by atoms with Crippen molar-refractivity contribution < 1.29 is 4.79 Å². The van der Waals surface area contributed by atoms with E-state index in [0.29, 0.717) is 0 Å². The highest BCUT2D eigenvalue weighted by molar-refractivity contribution is 5.85. The number of carbonyl (C=O) groups excluding carboxylic acids is 1. The van der Waals surface area contributed by atoms with Crippen molar-refractivity contribution in [2.24, 2.45) is 11.7 Å². The molecule has 3 N–H and O–H groups in total. The van der Waals surface area contributed by atoms with Crippen LogP contribution in [0.4, 0.5) is 0 Å². The predicted molar refractivity (Wildman–Crippen MR) is 80.3 cm³/mol. The molecule has 1 fully saturated rings. The molecule has 0 spiro atoms. The van der Waals surface area contributed by atoms with Crippen molar-refractivity contribution in [1.82, 2.24) is 5.32 Å². The molecule has 0 bridgehead atoms. The fourth-order valence-electron chi connectivity index (χ4n) is 2.55. The van der Waals surface area contributed by atoms with Crippen LogP contribution in [0, 0.1) is 5.92 Å². The number of halogens is 1. The normalized spacial score (nSPS) is 21.7.